The van der Waals surface area contributed by atoms with Crippen molar-refractivity contribution < 1.29 is 18.7 Å². The zero-order chi connectivity index (χ0) is 17.2. The van der Waals surface area contributed by atoms with Crippen LogP contribution in [-0.4, -0.2) is 42.4 Å². The van der Waals surface area contributed by atoms with Gasteiger partial charge in [-0.25, -0.2) is 9.18 Å². The van der Waals surface area contributed by atoms with Crippen LogP contribution in [0.15, 0.2) is 18.2 Å². The van der Waals surface area contributed by atoms with Gasteiger partial charge in [0, 0.05) is 6.54 Å². The number of hydrogen-bond acceptors (Lipinski definition) is 4. The Morgan fingerprint density at radius 3 is 2.83 bits per heavy atom. The van der Waals surface area contributed by atoms with Crippen molar-refractivity contribution >= 4 is 6.09 Å². The third-order valence-electron chi connectivity index (χ3n) is 3.81. The van der Waals surface area contributed by atoms with Crippen molar-refractivity contribution in [2.75, 3.05) is 19.8 Å². The lowest BCUT2D eigenvalue weighted by molar-refractivity contribution is -0.0382. The molecule has 1 aliphatic rings. The second-order valence-electron chi connectivity index (χ2n) is 6.84. The quantitative estimate of drug-likeness (QED) is 0.908. The first-order valence-corrected chi connectivity index (χ1v) is 7.78. The van der Waals surface area contributed by atoms with E-state index in [1.807, 2.05) is 27.7 Å². The summed E-state index contributed by atoms with van der Waals surface area (Å²) in [7, 11) is 0. The molecule has 1 amide bonds. The molecule has 128 valence electrons. The monoisotopic (exact) mass is 324 g/mol. The molecular formula is C17H25FN2O3. The van der Waals surface area contributed by atoms with E-state index >= 15 is 0 Å². The second kappa shape index (κ2) is 6.84. The van der Waals surface area contributed by atoms with Crippen molar-refractivity contribution in [1.82, 2.24) is 4.90 Å². The van der Waals surface area contributed by atoms with Gasteiger partial charge < -0.3 is 15.2 Å². The first-order valence-electron chi connectivity index (χ1n) is 7.78. The maximum Gasteiger partial charge on any atom is 0.410 e. The van der Waals surface area contributed by atoms with Crippen LogP contribution in [0, 0.1) is 12.7 Å². The van der Waals surface area contributed by atoms with Crippen molar-refractivity contribution in [3.05, 3.63) is 35.1 Å². The van der Waals surface area contributed by atoms with Gasteiger partial charge >= 0.3 is 6.09 Å². The lowest BCUT2D eigenvalue weighted by Crippen LogP contribution is -2.54. The number of nitrogens with two attached hydrogens (primary N) is 1. The summed E-state index contributed by atoms with van der Waals surface area (Å²) in [5.74, 6) is -0.346. The lowest BCUT2D eigenvalue weighted by Gasteiger charge is -2.39. The number of nitrogens with zero attached hydrogens (tertiary/aromatic N) is 1. The smallest absolute Gasteiger partial charge is 0.410 e. The Hall–Kier alpha value is -1.66. The Morgan fingerprint density at radius 1 is 1.48 bits per heavy atom. The SMILES string of the molecule is Cc1ccc(F)cc1C(N)C1COCCN1C(=O)OC(C)(C)C. The number of ether oxygens (including phenoxy) is 2. The molecule has 1 heterocycles. The summed E-state index contributed by atoms with van der Waals surface area (Å²) in [5.41, 5.74) is 7.31. The minimum atomic E-state index is -0.585. The molecule has 2 unspecified atom stereocenters. The fourth-order valence-corrected chi connectivity index (χ4v) is 2.65. The van der Waals surface area contributed by atoms with Gasteiger partial charge in [-0.2, -0.15) is 0 Å². The molecule has 0 aliphatic carbocycles. The summed E-state index contributed by atoms with van der Waals surface area (Å²) in [5, 5.41) is 0. The van der Waals surface area contributed by atoms with Crippen LogP contribution in [0.3, 0.4) is 0 Å². The number of aryl methyl sites for hydroxylation is 1. The van der Waals surface area contributed by atoms with Crippen LogP contribution < -0.4 is 5.73 Å². The molecule has 0 spiro atoms. The van der Waals surface area contributed by atoms with Crippen LogP contribution in [0.2, 0.25) is 0 Å². The zero-order valence-corrected chi connectivity index (χ0v) is 14.1. The molecule has 2 atom stereocenters. The molecular weight excluding hydrogens is 299 g/mol. The first-order chi connectivity index (χ1) is 10.7. The van der Waals surface area contributed by atoms with Crippen LogP contribution in [0.25, 0.3) is 0 Å². The topological polar surface area (TPSA) is 64.8 Å². The maximum atomic E-state index is 13.6. The van der Waals surface area contributed by atoms with Gasteiger partial charge in [-0.15, -0.1) is 0 Å². The fourth-order valence-electron chi connectivity index (χ4n) is 2.65. The minimum Gasteiger partial charge on any atom is -0.444 e. The van der Waals surface area contributed by atoms with Gasteiger partial charge in [0.05, 0.1) is 25.3 Å². The lowest BCUT2D eigenvalue weighted by atomic mass is 9.95. The average Bonchev–Trinajstić information content (AvgIpc) is 2.47. The summed E-state index contributed by atoms with van der Waals surface area (Å²) < 4.78 is 24.5. The number of amides is 1. The first kappa shape index (κ1) is 17.7. The van der Waals surface area contributed by atoms with Crippen LogP contribution in [0.5, 0.6) is 0 Å². The van der Waals surface area contributed by atoms with Gasteiger partial charge in [0.2, 0.25) is 0 Å². The molecule has 5 nitrogen and oxygen atoms in total. The highest BCUT2D eigenvalue weighted by Gasteiger charge is 2.35. The van der Waals surface area contributed by atoms with Crippen molar-refractivity contribution in [2.24, 2.45) is 5.73 Å². The number of halogens is 1. The number of benzene rings is 1. The van der Waals surface area contributed by atoms with Gasteiger partial charge in [-0.3, -0.25) is 4.90 Å². The Morgan fingerprint density at radius 2 is 2.17 bits per heavy atom. The normalized spacial score (nSPS) is 20.3. The molecule has 23 heavy (non-hydrogen) atoms. The molecule has 1 aliphatic heterocycles. The molecule has 0 aromatic heterocycles. The van der Waals surface area contributed by atoms with E-state index in [0.717, 1.165) is 5.56 Å². The third kappa shape index (κ3) is 4.42. The van der Waals surface area contributed by atoms with Gasteiger partial charge in [0.15, 0.2) is 0 Å². The fraction of sp³-hybridized carbons (Fsp3) is 0.588. The minimum absolute atomic E-state index is 0.302. The summed E-state index contributed by atoms with van der Waals surface area (Å²) >= 11 is 0. The summed E-state index contributed by atoms with van der Waals surface area (Å²) in [4.78, 5) is 14.0. The van der Waals surface area contributed by atoms with Crippen LogP contribution >= 0.6 is 0 Å². The van der Waals surface area contributed by atoms with E-state index in [4.69, 9.17) is 15.2 Å². The van der Waals surface area contributed by atoms with Crippen molar-refractivity contribution in [3.8, 4) is 0 Å². The molecule has 6 heteroatoms. The predicted octanol–water partition coefficient (Wildman–Crippen LogP) is 2.77. The van der Waals surface area contributed by atoms with Gasteiger partial charge in [0.1, 0.15) is 11.4 Å². The van der Waals surface area contributed by atoms with E-state index in [1.165, 1.54) is 12.1 Å². The van der Waals surface area contributed by atoms with Crippen LogP contribution in [-0.2, 0) is 9.47 Å². The molecule has 0 bridgehead atoms. The summed E-state index contributed by atoms with van der Waals surface area (Å²) in [6.07, 6.45) is -0.421. The molecule has 1 fully saturated rings. The Bertz CT molecular complexity index is 571. The van der Waals surface area contributed by atoms with Crippen LogP contribution in [0.4, 0.5) is 9.18 Å². The molecule has 1 saturated heterocycles. The maximum absolute atomic E-state index is 13.6. The van der Waals surface area contributed by atoms with Crippen molar-refractivity contribution in [1.29, 1.82) is 0 Å². The van der Waals surface area contributed by atoms with Gasteiger partial charge in [-0.1, -0.05) is 6.07 Å². The highest BCUT2D eigenvalue weighted by Crippen LogP contribution is 2.26. The van der Waals surface area contributed by atoms with Crippen molar-refractivity contribution in [3.63, 3.8) is 0 Å². The van der Waals surface area contributed by atoms with E-state index < -0.39 is 17.7 Å². The molecule has 1 aromatic rings. The third-order valence-corrected chi connectivity index (χ3v) is 3.81. The second-order valence-corrected chi connectivity index (χ2v) is 6.84. The highest BCUT2D eigenvalue weighted by molar-refractivity contribution is 5.69. The van der Waals surface area contributed by atoms with E-state index in [0.29, 0.717) is 25.3 Å². The predicted molar refractivity (Wildman–Crippen MR) is 85.6 cm³/mol. The van der Waals surface area contributed by atoms with E-state index in [-0.39, 0.29) is 11.9 Å². The molecule has 1 aromatic carbocycles. The average molecular weight is 324 g/mol. The molecule has 2 N–H and O–H groups in total. The largest absolute Gasteiger partial charge is 0.444 e. The number of morpholine rings is 1. The number of hydrogen-bond donors (Lipinski definition) is 1. The molecule has 2 rings (SSSR count). The zero-order valence-electron chi connectivity index (χ0n) is 14.1. The summed E-state index contributed by atoms with van der Waals surface area (Å²) in [6, 6.07) is 3.57. The van der Waals surface area contributed by atoms with Crippen LogP contribution in [0.1, 0.15) is 37.9 Å². The number of carbonyl (C=O) groups excluding carboxylic acids is 1. The Kier molecular flexibility index (Phi) is 5.26. The van der Waals surface area contributed by atoms with E-state index in [2.05, 4.69) is 0 Å². The van der Waals surface area contributed by atoms with E-state index in [1.54, 1.807) is 11.0 Å². The standard InChI is InChI=1S/C17H25FN2O3/c1-11-5-6-12(18)9-13(11)15(19)14-10-22-8-7-20(14)16(21)23-17(2,3)4/h5-6,9,14-15H,7-8,10,19H2,1-4H3. The highest BCUT2D eigenvalue weighted by atomic mass is 19.1. The Balaban J connectivity index is 2.23. The van der Waals surface area contributed by atoms with Gasteiger partial charge in [0.25, 0.3) is 0 Å². The van der Waals surface area contributed by atoms with Crippen molar-refractivity contribution in [2.45, 2.75) is 45.4 Å². The van der Waals surface area contributed by atoms with E-state index in [9.17, 15) is 9.18 Å². The summed E-state index contributed by atoms with van der Waals surface area (Å²) in [6.45, 7) is 8.46. The Labute approximate surface area is 136 Å². The number of carbonyl (C=O) groups is 1. The number of rotatable bonds is 2. The van der Waals surface area contributed by atoms with Gasteiger partial charge in [-0.05, 0) is 51.0 Å². The molecule has 0 radical (unpaired) electrons. The molecule has 0 saturated carbocycles.